The SMILES string of the molecule is CCC(Cc1c[nH]cn1)c1c(Cl)cccc1Cl. The summed E-state index contributed by atoms with van der Waals surface area (Å²) in [6.45, 7) is 2.14. The van der Waals surface area contributed by atoms with E-state index in [1.165, 1.54) is 0 Å². The molecular formula is C13H14Cl2N2. The zero-order valence-corrected chi connectivity index (χ0v) is 11.1. The highest BCUT2D eigenvalue weighted by Crippen LogP contribution is 2.35. The van der Waals surface area contributed by atoms with Gasteiger partial charge in [-0.1, -0.05) is 36.2 Å². The van der Waals surface area contributed by atoms with Gasteiger partial charge in [-0.2, -0.15) is 0 Å². The molecule has 0 radical (unpaired) electrons. The maximum Gasteiger partial charge on any atom is 0.0923 e. The molecule has 1 aromatic heterocycles. The zero-order chi connectivity index (χ0) is 12.3. The van der Waals surface area contributed by atoms with Crippen molar-refractivity contribution in [3.05, 3.63) is 52.0 Å². The molecule has 4 heteroatoms. The lowest BCUT2D eigenvalue weighted by Gasteiger charge is -2.17. The van der Waals surface area contributed by atoms with E-state index in [-0.39, 0.29) is 0 Å². The van der Waals surface area contributed by atoms with E-state index in [0.29, 0.717) is 5.92 Å². The first kappa shape index (κ1) is 12.5. The highest BCUT2D eigenvalue weighted by Gasteiger charge is 2.17. The molecule has 1 unspecified atom stereocenters. The Hall–Kier alpha value is -0.990. The molecule has 0 aliphatic heterocycles. The van der Waals surface area contributed by atoms with Crippen LogP contribution in [0.3, 0.4) is 0 Å². The van der Waals surface area contributed by atoms with Crippen LogP contribution >= 0.6 is 23.2 Å². The summed E-state index contributed by atoms with van der Waals surface area (Å²) in [6.07, 6.45) is 5.43. The molecule has 17 heavy (non-hydrogen) atoms. The molecule has 1 atom stereocenters. The molecule has 0 fully saturated rings. The number of aromatic nitrogens is 2. The van der Waals surface area contributed by atoms with Gasteiger partial charge in [-0.05, 0) is 36.5 Å². The normalized spacial score (nSPS) is 12.6. The molecular weight excluding hydrogens is 255 g/mol. The number of benzene rings is 1. The van der Waals surface area contributed by atoms with Crippen molar-refractivity contribution in [1.82, 2.24) is 9.97 Å². The van der Waals surface area contributed by atoms with Crippen LogP contribution in [-0.2, 0) is 6.42 Å². The third-order valence-electron chi connectivity index (χ3n) is 2.91. The van der Waals surface area contributed by atoms with E-state index in [2.05, 4.69) is 16.9 Å². The van der Waals surface area contributed by atoms with Crippen molar-refractivity contribution < 1.29 is 0 Å². The second-order valence-corrected chi connectivity index (χ2v) is 4.82. The molecule has 1 aromatic carbocycles. The fourth-order valence-corrected chi connectivity index (χ4v) is 2.71. The van der Waals surface area contributed by atoms with E-state index in [0.717, 1.165) is 34.1 Å². The number of nitrogens with zero attached hydrogens (tertiary/aromatic N) is 1. The number of imidazole rings is 1. The van der Waals surface area contributed by atoms with Gasteiger partial charge in [0.1, 0.15) is 0 Å². The smallest absolute Gasteiger partial charge is 0.0923 e. The van der Waals surface area contributed by atoms with Gasteiger partial charge in [-0.25, -0.2) is 4.98 Å². The largest absolute Gasteiger partial charge is 0.351 e. The molecule has 0 saturated carbocycles. The minimum Gasteiger partial charge on any atom is -0.351 e. The number of aromatic amines is 1. The van der Waals surface area contributed by atoms with Gasteiger partial charge in [-0.15, -0.1) is 0 Å². The summed E-state index contributed by atoms with van der Waals surface area (Å²) in [5.41, 5.74) is 2.06. The van der Waals surface area contributed by atoms with Gasteiger partial charge < -0.3 is 4.98 Å². The average molecular weight is 269 g/mol. The van der Waals surface area contributed by atoms with Crippen LogP contribution in [0.2, 0.25) is 10.0 Å². The van der Waals surface area contributed by atoms with Gasteiger partial charge in [-0.3, -0.25) is 0 Å². The highest BCUT2D eigenvalue weighted by molar-refractivity contribution is 6.36. The Kier molecular flexibility index (Phi) is 4.08. The van der Waals surface area contributed by atoms with Gasteiger partial charge >= 0.3 is 0 Å². The summed E-state index contributed by atoms with van der Waals surface area (Å²) >= 11 is 12.5. The van der Waals surface area contributed by atoms with Crippen LogP contribution in [0.5, 0.6) is 0 Å². The Labute approximate surface area is 111 Å². The quantitative estimate of drug-likeness (QED) is 0.872. The second-order valence-electron chi connectivity index (χ2n) is 4.01. The lowest BCUT2D eigenvalue weighted by molar-refractivity contribution is 0.652. The predicted octanol–water partition coefficient (Wildman–Crippen LogP) is 4.45. The number of hydrogen-bond donors (Lipinski definition) is 1. The van der Waals surface area contributed by atoms with Crippen LogP contribution in [0.1, 0.15) is 30.5 Å². The van der Waals surface area contributed by atoms with Crippen molar-refractivity contribution in [3.8, 4) is 0 Å². The Bertz CT molecular complexity index is 460. The summed E-state index contributed by atoms with van der Waals surface area (Å²) in [6, 6.07) is 5.64. The lowest BCUT2D eigenvalue weighted by Crippen LogP contribution is -2.04. The van der Waals surface area contributed by atoms with Gasteiger partial charge in [0, 0.05) is 16.2 Å². The standard InChI is InChI=1S/C13H14Cl2N2/c1-2-9(6-10-7-16-8-17-10)13-11(14)4-3-5-12(13)15/h3-5,7-9H,2,6H2,1H3,(H,16,17). The van der Waals surface area contributed by atoms with Crippen LogP contribution in [-0.4, -0.2) is 9.97 Å². The van der Waals surface area contributed by atoms with E-state index in [4.69, 9.17) is 23.2 Å². The fraction of sp³-hybridized carbons (Fsp3) is 0.308. The molecule has 0 amide bonds. The van der Waals surface area contributed by atoms with Crippen LogP contribution in [0, 0.1) is 0 Å². The minimum atomic E-state index is 0.305. The molecule has 1 heterocycles. The van der Waals surface area contributed by atoms with E-state index in [9.17, 15) is 0 Å². The third kappa shape index (κ3) is 2.82. The molecule has 2 aromatic rings. The van der Waals surface area contributed by atoms with Crippen LogP contribution < -0.4 is 0 Å². The maximum atomic E-state index is 6.23. The monoisotopic (exact) mass is 268 g/mol. The van der Waals surface area contributed by atoms with E-state index < -0.39 is 0 Å². The number of H-pyrrole nitrogens is 1. The number of hydrogen-bond acceptors (Lipinski definition) is 1. The lowest BCUT2D eigenvalue weighted by atomic mass is 9.92. The first-order valence-electron chi connectivity index (χ1n) is 5.64. The minimum absolute atomic E-state index is 0.305. The van der Waals surface area contributed by atoms with Gasteiger partial charge in [0.05, 0.1) is 12.0 Å². The highest BCUT2D eigenvalue weighted by atomic mass is 35.5. The Morgan fingerprint density at radius 1 is 1.29 bits per heavy atom. The molecule has 0 saturated heterocycles. The molecule has 2 nitrogen and oxygen atoms in total. The van der Waals surface area contributed by atoms with Crippen LogP contribution in [0.15, 0.2) is 30.7 Å². The van der Waals surface area contributed by atoms with Crippen molar-refractivity contribution in [1.29, 1.82) is 0 Å². The number of halogens is 2. The van der Waals surface area contributed by atoms with Crippen molar-refractivity contribution in [2.45, 2.75) is 25.7 Å². The summed E-state index contributed by atoms with van der Waals surface area (Å²) in [4.78, 5) is 7.21. The molecule has 0 aliphatic rings. The zero-order valence-electron chi connectivity index (χ0n) is 9.58. The molecule has 0 spiro atoms. The summed E-state index contributed by atoms with van der Waals surface area (Å²) in [7, 11) is 0. The van der Waals surface area contributed by atoms with Gasteiger partial charge in [0.2, 0.25) is 0 Å². The van der Waals surface area contributed by atoms with E-state index >= 15 is 0 Å². The second kappa shape index (κ2) is 5.56. The first-order chi connectivity index (χ1) is 8.22. The Balaban J connectivity index is 2.29. The van der Waals surface area contributed by atoms with Crippen molar-refractivity contribution >= 4 is 23.2 Å². The average Bonchev–Trinajstić information content (AvgIpc) is 2.80. The number of rotatable bonds is 4. The van der Waals surface area contributed by atoms with Gasteiger partial charge in [0.25, 0.3) is 0 Å². The molecule has 0 aliphatic carbocycles. The van der Waals surface area contributed by atoms with Crippen molar-refractivity contribution in [3.63, 3.8) is 0 Å². The van der Waals surface area contributed by atoms with Gasteiger partial charge in [0.15, 0.2) is 0 Å². The third-order valence-corrected chi connectivity index (χ3v) is 3.57. The summed E-state index contributed by atoms with van der Waals surface area (Å²) in [5, 5.41) is 1.47. The number of nitrogens with one attached hydrogen (secondary N) is 1. The van der Waals surface area contributed by atoms with E-state index in [1.54, 1.807) is 6.33 Å². The van der Waals surface area contributed by atoms with Crippen molar-refractivity contribution in [2.24, 2.45) is 0 Å². The first-order valence-corrected chi connectivity index (χ1v) is 6.39. The molecule has 1 N–H and O–H groups in total. The Morgan fingerprint density at radius 2 is 2.00 bits per heavy atom. The summed E-state index contributed by atoms with van der Waals surface area (Å²) in [5.74, 6) is 0.305. The van der Waals surface area contributed by atoms with E-state index in [1.807, 2.05) is 24.4 Å². The topological polar surface area (TPSA) is 28.7 Å². The molecule has 90 valence electrons. The maximum absolute atomic E-state index is 6.23. The van der Waals surface area contributed by atoms with Crippen molar-refractivity contribution in [2.75, 3.05) is 0 Å². The fourth-order valence-electron chi connectivity index (χ4n) is 2.01. The summed E-state index contributed by atoms with van der Waals surface area (Å²) < 4.78 is 0. The van der Waals surface area contributed by atoms with Crippen LogP contribution in [0.25, 0.3) is 0 Å². The predicted molar refractivity (Wildman–Crippen MR) is 71.8 cm³/mol. The Morgan fingerprint density at radius 3 is 2.53 bits per heavy atom. The van der Waals surface area contributed by atoms with Crippen LogP contribution in [0.4, 0.5) is 0 Å². The molecule has 0 bridgehead atoms. The molecule has 2 rings (SSSR count).